The van der Waals surface area contributed by atoms with Crippen molar-refractivity contribution in [3.05, 3.63) is 35.4 Å². The predicted molar refractivity (Wildman–Crippen MR) is 73.0 cm³/mol. The third kappa shape index (κ3) is 4.45. The van der Waals surface area contributed by atoms with E-state index < -0.39 is 23.6 Å². The van der Waals surface area contributed by atoms with Gasteiger partial charge >= 0.3 is 6.18 Å². The quantitative estimate of drug-likeness (QED) is 0.905. The fourth-order valence-electron chi connectivity index (χ4n) is 2.53. The summed E-state index contributed by atoms with van der Waals surface area (Å²) in [7, 11) is 0. The summed E-state index contributed by atoms with van der Waals surface area (Å²) >= 11 is 0. The fourth-order valence-corrected chi connectivity index (χ4v) is 2.53. The average Bonchev–Trinajstić information content (AvgIpc) is 2.47. The van der Waals surface area contributed by atoms with E-state index in [9.17, 15) is 18.0 Å². The Morgan fingerprint density at radius 2 is 2.05 bits per heavy atom. The molecule has 2 unspecified atom stereocenters. The predicted octanol–water partition coefficient (Wildman–Crippen LogP) is 2.15. The summed E-state index contributed by atoms with van der Waals surface area (Å²) in [5.74, 6) is -1.36. The monoisotopic (exact) mass is 317 g/mol. The number of hydrogen-bond donors (Lipinski definition) is 1. The van der Waals surface area contributed by atoms with Crippen molar-refractivity contribution < 1.29 is 27.4 Å². The van der Waals surface area contributed by atoms with Crippen LogP contribution in [-0.2, 0) is 26.9 Å². The Labute approximate surface area is 126 Å². The van der Waals surface area contributed by atoms with E-state index in [0.29, 0.717) is 19.8 Å². The Morgan fingerprint density at radius 1 is 1.32 bits per heavy atom. The SMILES string of the molecule is NC(=O)C(Cc1ccccc1C(F)(F)F)CC1COCCO1. The smallest absolute Gasteiger partial charge is 0.376 e. The lowest BCUT2D eigenvalue weighted by molar-refractivity contribution is -0.139. The van der Waals surface area contributed by atoms with Crippen LogP contribution in [0.2, 0.25) is 0 Å². The molecule has 4 nitrogen and oxygen atoms in total. The number of hydrogen-bond acceptors (Lipinski definition) is 3. The van der Waals surface area contributed by atoms with Gasteiger partial charge in [-0.3, -0.25) is 4.79 Å². The van der Waals surface area contributed by atoms with Crippen molar-refractivity contribution in [2.75, 3.05) is 19.8 Å². The number of ether oxygens (including phenoxy) is 2. The first-order valence-corrected chi connectivity index (χ1v) is 7.01. The summed E-state index contributed by atoms with van der Waals surface area (Å²) in [6.07, 6.45) is -4.58. The van der Waals surface area contributed by atoms with Crippen molar-refractivity contribution >= 4 is 5.91 Å². The highest BCUT2D eigenvalue weighted by molar-refractivity contribution is 5.77. The van der Waals surface area contributed by atoms with Crippen molar-refractivity contribution in [1.29, 1.82) is 0 Å². The number of amides is 1. The molecule has 22 heavy (non-hydrogen) atoms. The molecular formula is C15H18F3NO3. The Kier molecular flexibility index (Phi) is 5.42. The normalized spacial score (nSPS) is 20.6. The van der Waals surface area contributed by atoms with E-state index in [1.54, 1.807) is 0 Å². The van der Waals surface area contributed by atoms with Gasteiger partial charge in [-0.1, -0.05) is 18.2 Å². The van der Waals surface area contributed by atoms with E-state index in [1.807, 2.05) is 0 Å². The zero-order valence-corrected chi connectivity index (χ0v) is 11.9. The van der Waals surface area contributed by atoms with Gasteiger partial charge in [-0.2, -0.15) is 13.2 Å². The third-order valence-electron chi connectivity index (χ3n) is 3.62. The molecule has 2 rings (SSSR count). The minimum atomic E-state index is -4.46. The molecule has 122 valence electrons. The Morgan fingerprint density at radius 3 is 2.64 bits per heavy atom. The van der Waals surface area contributed by atoms with E-state index in [0.717, 1.165) is 6.07 Å². The summed E-state index contributed by atoms with van der Waals surface area (Å²) in [4.78, 5) is 11.6. The number of carbonyl (C=O) groups is 1. The number of carbonyl (C=O) groups excluding carboxylic acids is 1. The lowest BCUT2D eigenvalue weighted by atomic mass is 9.90. The van der Waals surface area contributed by atoms with Crippen LogP contribution in [0.25, 0.3) is 0 Å². The highest BCUT2D eigenvalue weighted by atomic mass is 19.4. The molecule has 7 heteroatoms. The van der Waals surface area contributed by atoms with Gasteiger partial charge in [-0.25, -0.2) is 0 Å². The van der Waals surface area contributed by atoms with Gasteiger partial charge in [0.15, 0.2) is 0 Å². The van der Waals surface area contributed by atoms with Crippen LogP contribution in [-0.4, -0.2) is 31.8 Å². The number of nitrogens with two attached hydrogens (primary N) is 1. The van der Waals surface area contributed by atoms with Gasteiger partial charge in [0, 0.05) is 5.92 Å². The summed E-state index contributed by atoms with van der Waals surface area (Å²) in [6, 6.07) is 5.22. The highest BCUT2D eigenvalue weighted by Crippen LogP contribution is 2.33. The zero-order chi connectivity index (χ0) is 16.2. The molecule has 1 aromatic rings. The lowest BCUT2D eigenvalue weighted by Gasteiger charge is -2.26. The largest absolute Gasteiger partial charge is 0.416 e. The van der Waals surface area contributed by atoms with Crippen molar-refractivity contribution in [2.24, 2.45) is 11.7 Å². The topological polar surface area (TPSA) is 61.6 Å². The number of benzene rings is 1. The first-order valence-electron chi connectivity index (χ1n) is 7.01. The maximum absolute atomic E-state index is 13.0. The molecule has 1 fully saturated rings. The van der Waals surface area contributed by atoms with Gasteiger partial charge in [0.1, 0.15) is 0 Å². The minimum absolute atomic E-state index is 0.0646. The number of halogens is 3. The van der Waals surface area contributed by atoms with Crippen LogP contribution in [0.15, 0.2) is 24.3 Å². The Bertz CT molecular complexity index is 513. The van der Waals surface area contributed by atoms with Crippen LogP contribution in [0.5, 0.6) is 0 Å². The van der Waals surface area contributed by atoms with Crippen molar-refractivity contribution in [3.8, 4) is 0 Å². The molecule has 1 aliphatic rings. The summed E-state index contributed by atoms with van der Waals surface area (Å²) in [5, 5.41) is 0. The van der Waals surface area contributed by atoms with Gasteiger partial charge < -0.3 is 15.2 Å². The van der Waals surface area contributed by atoms with Gasteiger partial charge in [0.05, 0.1) is 31.5 Å². The van der Waals surface area contributed by atoms with Crippen LogP contribution in [0.3, 0.4) is 0 Å². The van der Waals surface area contributed by atoms with Crippen LogP contribution in [0.1, 0.15) is 17.5 Å². The van der Waals surface area contributed by atoms with Crippen molar-refractivity contribution in [2.45, 2.75) is 25.1 Å². The molecule has 1 aromatic carbocycles. The Hall–Kier alpha value is -1.60. The molecular weight excluding hydrogens is 299 g/mol. The standard InChI is InChI=1S/C15H18F3NO3/c16-15(17,18)13-4-2-1-3-10(13)7-11(14(19)20)8-12-9-21-5-6-22-12/h1-4,11-12H,5-9H2,(H2,19,20). The molecule has 0 aromatic heterocycles. The van der Waals surface area contributed by atoms with E-state index in [4.69, 9.17) is 15.2 Å². The average molecular weight is 317 g/mol. The molecule has 1 saturated heterocycles. The molecule has 0 saturated carbocycles. The minimum Gasteiger partial charge on any atom is -0.376 e. The van der Waals surface area contributed by atoms with Gasteiger partial charge in [0.25, 0.3) is 0 Å². The van der Waals surface area contributed by atoms with Gasteiger partial charge in [-0.05, 0) is 24.5 Å². The van der Waals surface area contributed by atoms with Gasteiger partial charge in [-0.15, -0.1) is 0 Å². The first kappa shape index (κ1) is 16.8. The number of rotatable bonds is 5. The third-order valence-corrected chi connectivity index (χ3v) is 3.62. The van der Waals surface area contributed by atoms with Crippen molar-refractivity contribution in [1.82, 2.24) is 0 Å². The second kappa shape index (κ2) is 7.11. The molecule has 1 amide bonds. The van der Waals surface area contributed by atoms with Crippen LogP contribution >= 0.6 is 0 Å². The maximum atomic E-state index is 13.0. The highest BCUT2D eigenvalue weighted by Gasteiger charge is 2.34. The van der Waals surface area contributed by atoms with Crippen LogP contribution in [0, 0.1) is 5.92 Å². The molecule has 1 aliphatic heterocycles. The molecule has 2 N–H and O–H groups in total. The fraction of sp³-hybridized carbons (Fsp3) is 0.533. The molecule has 0 aliphatic carbocycles. The molecule has 0 radical (unpaired) electrons. The van der Waals surface area contributed by atoms with Crippen LogP contribution < -0.4 is 5.73 Å². The second-order valence-corrected chi connectivity index (χ2v) is 5.26. The summed E-state index contributed by atoms with van der Waals surface area (Å²) in [5.41, 5.74) is 4.68. The van der Waals surface area contributed by atoms with E-state index in [1.165, 1.54) is 18.2 Å². The summed E-state index contributed by atoms with van der Waals surface area (Å²) in [6.45, 7) is 1.22. The first-order chi connectivity index (χ1) is 10.4. The van der Waals surface area contributed by atoms with Crippen molar-refractivity contribution in [3.63, 3.8) is 0 Å². The number of alkyl halides is 3. The lowest BCUT2D eigenvalue weighted by Crippen LogP contribution is -2.35. The Balaban J connectivity index is 2.13. The van der Waals surface area contributed by atoms with E-state index in [-0.39, 0.29) is 24.5 Å². The molecule has 2 atom stereocenters. The zero-order valence-electron chi connectivity index (χ0n) is 11.9. The summed E-state index contributed by atoms with van der Waals surface area (Å²) < 4.78 is 49.7. The maximum Gasteiger partial charge on any atom is 0.416 e. The van der Waals surface area contributed by atoms with Gasteiger partial charge in [0.2, 0.25) is 5.91 Å². The van der Waals surface area contributed by atoms with E-state index in [2.05, 4.69) is 0 Å². The van der Waals surface area contributed by atoms with E-state index >= 15 is 0 Å². The second-order valence-electron chi connectivity index (χ2n) is 5.26. The molecule has 1 heterocycles. The number of primary amides is 1. The van der Waals surface area contributed by atoms with Crippen LogP contribution in [0.4, 0.5) is 13.2 Å². The molecule has 0 bridgehead atoms. The molecule has 0 spiro atoms.